The van der Waals surface area contributed by atoms with E-state index in [1.807, 2.05) is 0 Å². The van der Waals surface area contributed by atoms with Crippen LogP contribution in [0.3, 0.4) is 0 Å². The van der Waals surface area contributed by atoms with Crippen LogP contribution in [0.5, 0.6) is 0 Å². The van der Waals surface area contributed by atoms with Crippen LogP contribution in [0.25, 0.3) is 0 Å². The third-order valence-electron chi connectivity index (χ3n) is 3.32. The van der Waals surface area contributed by atoms with Gasteiger partial charge in [0.25, 0.3) is 0 Å². The molecule has 1 heterocycles. The molecule has 0 atom stereocenters. The lowest BCUT2D eigenvalue weighted by Crippen LogP contribution is -2.45. The zero-order chi connectivity index (χ0) is 14.3. The molecule has 1 saturated heterocycles. The number of hydrogen-bond donors (Lipinski definition) is 3. The number of urea groups is 1. The smallest absolute Gasteiger partial charge is 0.318 e. The average Bonchev–Trinajstić information content (AvgIpc) is 2.29. The number of rotatable bonds is 6. The van der Waals surface area contributed by atoms with Crippen molar-refractivity contribution in [2.24, 2.45) is 17.6 Å². The number of likely N-dealkylation sites (tertiary alicyclic amines) is 1. The fourth-order valence-corrected chi connectivity index (χ4v) is 2.30. The Morgan fingerprint density at radius 2 is 1.95 bits per heavy atom. The van der Waals surface area contributed by atoms with Crippen molar-refractivity contribution in [1.29, 1.82) is 0 Å². The Morgan fingerprint density at radius 1 is 1.32 bits per heavy atom. The first-order chi connectivity index (χ1) is 8.97. The first-order valence-electron chi connectivity index (χ1n) is 6.99. The maximum Gasteiger partial charge on any atom is 0.318 e. The highest BCUT2D eigenvalue weighted by Crippen LogP contribution is 2.15. The molecule has 0 aromatic carbocycles. The quantitative estimate of drug-likeness (QED) is 0.640. The summed E-state index contributed by atoms with van der Waals surface area (Å²) in [6.07, 6.45) is 2.18. The molecule has 0 aliphatic carbocycles. The second kappa shape index (κ2) is 8.12. The van der Waals surface area contributed by atoms with E-state index in [9.17, 15) is 9.59 Å². The Morgan fingerprint density at radius 3 is 2.47 bits per heavy atom. The molecule has 19 heavy (non-hydrogen) atoms. The van der Waals surface area contributed by atoms with E-state index in [1.165, 1.54) is 0 Å². The second-order valence-corrected chi connectivity index (χ2v) is 5.68. The summed E-state index contributed by atoms with van der Waals surface area (Å²) in [6.45, 7) is 8.58. The van der Waals surface area contributed by atoms with Crippen LogP contribution in [-0.4, -0.2) is 49.6 Å². The van der Waals surface area contributed by atoms with Gasteiger partial charge in [0.2, 0.25) is 5.91 Å². The molecule has 0 aromatic rings. The normalized spacial score (nSPS) is 17.6. The number of primary amides is 1. The van der Waals surface area contributed by atoms with Gasteiger partial charge in [0.1, 0.15) is 0 Å². The van der Waals surface area contributed by atoms with Crippen LogP contribution >= 0.6 is 0 Å². The summed E-state index contributed by atoms with van der Waals surface area (Å²) in [5, 5.41) is 5.57. The predicted molar refractivity (Wildman–Crippen MR) is 74.6 cm³/mol. The number of nitrogens with two attached hydrogens (primary N) is 1. The molecule has 0 bridgehead atoms. The summed E-state index contributed by atoms with van der Waals surface area (Å²) in [7, 11) is 0. The van der Waals surface area contributed by atoms with E-state index in [1.54, 1.807) is 0 Å². The van der Waals surface area contributed by atoms with E-state index in [-0.39, 0.29) is 12.5 Å². The van der Waals surface area contributed by atoms with Crippen molar-refractivity contribution in [2.75, 3.05) is 32.7 Å². The van der Waals surface area contributed by atoms with Gasteiger partial charge in [-0.25, -0.2) is 4.79 Å². The Bertz CT molecular complexity index is 299. The molecule has 0 radical (unpaired) electrons. The molecule has 110 valence electrons. The van der Waals surface area contributed by atoms with Gasteiger partial charge in [-0.3, -0.25) is 15.0 Å². The molecule has 0 unspecified atom stereocenters. The van der Waals surface area contributed by atoms with Crippen molar-refractivity contribution in [2.45, 2.75) is 26.7 Å². The van der Waals surface area contributed by atoms with Gasteiger partial charge in [0.05, 0.1) is 6.54 Å². The summed E-state index contributed by atoms with van der Waals surface area (Å²) < 4.78 is 0. The maximum atomic E-state index is 11.4. The number of nitrogens with one attached hydrogen (secondary N) is 2. The molecule has 6 heteroatoms. The molecule has 0 saturated carbocycles. The van der Waals surface area contributed by atoms with E-state index in [0.717, 1.165) is 39.0 Å². The molecule has 0 spiro atoms. The molecule has 1 aliphatic heterocycles. The number of hydrogen-bond acceptors (Lipinski definition) is 4. The van der Waals surface area contributed by atoms with Crippen molar-refractivity contribution in [3.63, 3.8) is 0 Å². The minimum atomic E-state index is -0.780. The SMILES string of the molecule is CC(C)CNCC1CCN(CC(=O)NC(N)=O)CC1. The van der Waals surface area contributed by atoms with Crippen molar-refractivity contribution in [1.82, 2.24) is 15.5 Å². The van der Waals surface area contributed by atoms with Gasteiger partial charge in [-0.15, -0.1) is 0 Å². The van der Waals surface area contributed by atoms with Crippen molar-refractivity contribution in [3.8, 4) is 0 Å². The first kappa shape index (κ1) is 15.9. The van der Waals surface area contributed by atoms with Crippen LogP contribution in [0, 0.1) is 11.8 Å². The summed E-state index contributed by atoms with van der Waals surface area (Å²) in [6, 6.07) is -0.780. The summed E-state index contributed by atoms with van der Waals surface area (Å²) in [4.78, 5) is 24.0. The molecular weight excluding hydrogens is 244 g/mol. The Labute approximate surface area is 115 Å². The van der Waals surface area contributed by atoms with Gasteiger partial charge >= 0.3 is 6.03 Å². The fraction of sp³-hybridized carbons (Fsp3) is 0.846. The summed E-state index contributed by atoms with van der Waals surface area (Å²) >= 11 is 0. The second-order valence-electron chi connectivity index (χ2n) is 5.68. The van der Waals surface area contributed by atoms with Crippen LogP contribution in [0.15, 0.2) is 0 Å². The minimum absolute atomic E-state index is 0.259. The van der Waals surface area contributed by atoms with Crippen LogP contribution < -0.4 is 16.4 Å². The number of piperidine rings is 1. The van der Waals surface area contributed by atoms with Crippen LogP contribution in [0.2, 0.25) is 0 Å². The van der Waals surface area contributed by atoms with Gasteiger partial charge in [-0.2, -0.15) is 0 Å². The molecule has 1 fully saturated rings. The van der Waals surface area contributed by atoms with E-state index in [0.29, 0.717) is 11.8 Å². The Balaban J connectivity index is 2.14. The predicted octanol–water partition coefficient (Wildman–Crippen LogP) is 0.139. The number of carbonyl (C=O) groups excluding carboxylic acids is 2. The maximum absolute atomic E-state index is 11.4. The molecular formula is C13H26N4O2. The van der Waals surface area contributed by atoms with E-state index in [2.05, 4.69) is 29.4 Å². The van der Waals surface area contributed by atoms with Crippen molar-refractivity contribution < 1.29 is 9.59 Å². The third-order valence-corrected chi connectivity index (χ3v) is 3.32. The minimum Gasteiger partial charge on any atom is -0.351 e. The zero-order valence-corrected chi connectivity index (χ0v) is 11.9. The molecule has 1 aliphatic rings. The Hall–Kier alpha value is -1.14. The monoisotopic (exact) mass is 270 g/mol. The summed E-state index contributed by atoms with van der Waals surface area (Å²) in [5.41, 5.74) is 4.90. The van der Waals surface area contributed by atoms with Gasteiger partial charge in [-0.05, 0) is 50.9 Å². The highest BCUT2D eigenvalue weighted by atomic mass is 16.2. The summed E-state index contributed by atoms with van der Waals surface area (Å²) in [5.74, 6) is 1.05. The highest BCUT2D eigenvalue weighted by Gasteiger charge is 2.20. The van der Waals surface area contributed by atoms with Gasteiger partial charge in [0, 0.05) is 0 Å². The van der Waals surface area contributed by atoms with Crippen molar-refractivity contribution >= 4 is 11.9 Å². The standard InChI is InChI=1S/C13H26N4O2/c1-10(2)7-15-8-11-3-5-17(6-4-11)9-12(18)16-13(14)19/h10-11,15H,3-9H2,1-2H3,(H3,14,16,18,19). The van der Waals surface area contributed by atoms with E-state index >= 15 is 0 Å². The van der Waals surface area contributed by atoms with Crippen molar-refractivity contribution in [3.05, 3.63) is 0 Å². The number of nitrogens with zero attached hydrogens (tertiary/aromatic N) is 1. The Kier molecular flexibility index (Phi) is 6.80. The fourth-order valence-electron chi connectivity index (χ4n) is 2.30. The van der Waals surface area contributed by atoms with Crippen LogP contribution in [0.1, 0.15) is 26.7 Å². The molecule has 0 aromatic heterocycles. The van der Waals surface area contributed by atoms with Crippen LogP contribution in [0.4, 0.5) is 4.79 Å². The topological polar surface area (TPSA) is 87.5 Å². The zero-order valence-electron chi connectivity index (χ0n) is 11.9. The van der Waals surface area contributed by atoms with E-state index < -0.39 is 6.03 Å². The lowest BCUT2D eigenvalue weighted by molar-refractivity contribution is -0.121. The molecule has 3 amide bonds. The van der Waals surface area contributed by atoms with Gasteiger partial charge in [-0.1, -0.05) is 13.8 Å². The van der Waals surface area contributed by atoms with Gasteiger partial charge in [0.15, 0.2) is 0 Å². The lowest BCUT2D eigenvalue weighted by Gasteiger charge is -2.31. The van der Waals surface area contributed by atoms with Crippen LogP contribution in [-0.2, 0) is 4.79 Å². The molecule has 6 nitrogen and oxygen atoms in total. The largest absolute Gasteiger partial charge is 0.351 e. The van der Waals surface area contributed by atoms with E-state index in [4.69, 9.17) is 5.73 Å². The molecule has 4 N–H and O–H groups in total. The molecule has 1 rings (SSSR count). The number of amides is 3. The lowest BCUT2D eigenvalue weighted by atomic mass is 9.96. The third kappa shape index (κ3) is 7.12. The number of carbonyl (C=O) groups is 2. The highest BCUT2D eigenvalue weighted by molar-refractivity contribution is 5.94. The van der Waals surface area contributed by atoms with Gasteiger partial charge < -0.3 is 11.1 Å². The first-order valence-corrected chi connectivity index (χ1v) is 6.99. The average molecular weight is 270 g/mol. The number of imide groups is 1.